The minimum atomic E-state index is -0.656. The molecule has 1 amide bonds. The first-order chi connectivity index (χ1) is 14.6. The maximum Gasteiger partial charge on any atom is 0.297 e. The van der Waals surface area contributed by atoms with Crippen molar-refractivity contribution in [1.82, 2.24) is 10.2 Å². The van der Waals surface area contributed by atoms with Crippen LogP contribution < -0.4 is 15.1 Å². The SMILES string of the molecule is CCOc1ccc([C@H]2c3c(oc4ccccc4c3=O)C(=O)N2c2nnc(C)s2)cc1. The highest BCUT2D eigenvalue weighted by Crippen LogP contribution is 2.42. The van der Waals surface area contributed by atoms with Crippen molar-refractivity contribution >= 4 is 33.3 Å². The first-order valence-electron chi connectivity index (χ1n) is 9.50. The lowest BCUT2D eigenvalue weighted by atomic mass is 9.98. The predicted molar refractivity (Wildman–Crippen MR) is 113 cm³/mol. The summed E-state index contributed by atoms with van der Waals surface area (Å²) < 4.78 is 11.4. The van der Waals surface area contributed by atoms with Crippen LogP contribution in [-0.4, -0.2) is 22.7 Å². The van der Waals surface area contributed by atoms with Crippen molar-refractivity contribution < 1.29 is 13.9 Å². The third kappa shape index (κ3) is 2.80. The van der Waals surface area contributed by atoms with Crippen molar-refractivity contribution in [2.24, 2.45) is 0 Å². The van der Waals surface area contributed by atoms with Gasteiger partial charge in [-0.25, -0.2) is 0 Å². The van der Waals surface area contributed by atoms with Gasteiger partial charge in [0, 0.05) is 0 Å². The molecular weight excluding hydrogens is 402 g/mol. The van der Waals surface area contributed by atoms with E-state index in [0.29, 0.717) is 28.3 Å². The summed E-state index contributed by atoms with van der Waals surface area (Å²) >= 11 is 1.29. The molecule has 1 aliphatic rings. The molecule has 0 saturated carbocycles. The Morgan fingerprint density at radius 1 is 1.10 bits per heavy atom. The van der Waals surface area contributed by atoms with E-state index in [0.717, 1.165) is 16.3 Å². The second kappa shape index (κ2) is 7.07. The number of carbonyl (C=O) groups is 1. The maximum atomic E-state index is 13.4. The van der Waals surface area contributed by atoms with Gasteiger partial charge in [-0.15, -0.1) is 10.2 Å². The molecule has 0 spiro atoms. The number of hydrogen-bond acceptors (Lipinski definition) is 7. The Bertz CT molecular complexity index is 1330. The molecule has 2 aromatic heterocycles. The van der Waals surface area contributed by atoms with Crippen molar-refractivity contribution in [2.45, 2.75) is 19.9 Å². The number of amides is 1. The van der Waals surface area contributed by atoms with E-state index in [2.05, 4.69) is 10.2 Å². The van der Waals surface area contributed by atoms with Gasteiger partial charge < -0.3 is 9.15 Å². The van der Waals surface area contributed by atoms with E-state index >= 15 is 0 Å². The maximum absolute atomic E-state index is 13.4. The van der Waals surface area contributed by atoms with Gasteiger partial charge >= 0.3 is 0 Å². The molecule has 0 fully saturated rings. The van der Waals surface area contributed by atoms with Gasteiger partial charge in [0.1, 0.15) is 16.3 Å². The molecule has 0 N–H and O–H groups in total. The van der Waals surface area contributed by atoms with E-state index in [1.807, 2.05) is 38.1 Å². The summed E-state index contributed by atoms with van der Waals surface area (Å²) in [7, 11) is 0. The number of ether oxygens (including phenoxy) is 1. The highest BCUT2D eigenvalue weighted by molar-refractivity contribution is 7.15. The van der Waals surface area contributed by atoms with Crippen molar-refractivity contribution in [1.29, 1.82) is 0 Å². The van der Waals surface area contributed by atoms with Crippen LogP contribution >= 0.6 is 11.3 Å². The molecule has 0 aliphatic carbocycles. The molecule has 1 atom stereocenters. The Morgan fingerprint density at radius 3 is 2.57 bits per heavy atom. The Morgan fingerprint density at radius 2 is 1.87 bits per heavy atom. The molecule has 3 heterocycles. The van der Waals surface area contributed by atoms with Crippen LogP contribution in [0, 0.1) is 6.92 Å². The number of aryl methyl sites for hydroxylation is 1. The van der Waals surface area contributed by atoms with Gasteiger partial charge in [0.2, 0.25) is 10.9 Å². The molecule has 7 nitrogen and oxygen atoms in total. The van der Waals surface area contributed by atoms with Crippen LogP contribution in [0.25, 0.3) is 11.0 Å². The highest BCUT2D eigenvalue weighted by Gasteiger charge is 2.45. The first kappa shape index (κ1) is 18.5. The van der Waals surface area contributed by atoms with Crippen LogP contribution in [-0.2, 0) is 0 Å². The number of benzene rings is 2. The lowest BCUT2D eigenvalue weighted by Crippen LogP contribution is -2.29. The molecule has 8 heteroatoms. The number of carbonyl (C=O) groups excluding carboxylic acids is 1. The predicted octanol–water partition coefficient (Wildman–Crippen LogP) is 4.10. The average Bonchev–Trinajstić information content (AvgIpc) is 3.30. The lowest BCUT2D eigenvalue weighted by molar-refractivity contribution is 0.0970. The van der Waals surface area contributed by atoms with Gasteiger partial charge in [0.25, 0.3) is 5.91 Å². The summed E-state index contributed by atoms with van der Waals surface area (Å²) in [5, 5.41) is 9.79. The monoisotopic (exact) mass is 419 g/mol. The van der Waals surface area contributed by atoms with Gasteiger partial charge in [0.05, 0.1) is 23.6 Å². The fourth-order valence-electron chi connectivity index (χ4n) is 3.73. The third-order valence-electron chi connectivity index (χ3n) is 5.01. The Kier molecular flexibility index (Phi) is 4.36. The summed E-state index contributed by atoms with van der Waals surface area (Å²) in [5.41, 5.74) is 1.25. The highest BCUT2D eigenvalue weighted by atomic mass is 32.1. The average molecular weight is 419 g/mol. The summed E-state index contributed by atoms with van der Waals surface area (Å²) in [5.74, 6) is 0.364. The minimum Gasteiger partial charge on any atom is -0.494 e. The minimum absolute atomic E-state index is 0.0467. The topological polar surface area (TPSA) is 85.5 Å². The number of hydrogen-bond donors (Lipinski definition) is 0. The molecule has 30 heavy (non-hydrogen) atoms. The van der Waals surface area contributed by atoms with E-state index in [1.165, 1.54) is 16.2 Å². The fraction of sp³-hybridized carbons (Fsp3) is 0.182. The van der Waals surface area contributed by atoms with Gasteiger partial charge in [0.15, 0.2) is 5.43 Å². The molecule has 1 aliphatic heterocycles. The van der Waals surface area contributed by atoms with Gasteiger partial charge in [-0.3, -0.25) is 14.5 Å². The fourth-order valence-corrected chi connectivity index (χ4v) is 4.44. The summed E-state index contributed by atoms with van der Waals surface area (Å²) in [6, 6.07) is 13.7. The zero-order valence-electron chi connectivity index (χ0n) is 16.3. The van der Waals surface area contributed by atoms with Crippen molar-refractivity contribution in [3.8, 4) is 5.75 Å². The number of rotatable bonds is 4. The first-order valence-corrected chi connectivity index (χ1v) is 10.3. The van der Waals surface area contributed by atoms with Crippen LogP contribution in [0.1, 0.15) is 39.7 Å². The Labute approximate surface area is 175 Å². The summed E-state index contributed by atoms with van der Waals surface area (Å²) in [4.78, 5) is 28.3. The molecule has 2 aromatic carbocycles. The van der Waals surface area contributed by atoms with Crippen LogP contribution in [0.2, 0.25) is 0 Å². The van der Waals surface area contributed by atoms with E-state index in [9.17, 15) is 9.59 Å². The second-order valence-electron chi connectivity index (χ2n) is 6.85. The summed E-state index contributed by atoms with van der Waals surface area (Å²) in [6.07, 6.45) is 0. The van der Waals surface area contributed by atoms with E-state index < -0.39 is 11.9 Å². The van der Waals surface area contributed by atoms with Gasteiger partial charge in [-0.1, -0.05) is 35.6 Å². The van der Waals surface area contributed by atoms with Crippen LogP contribution in [0.5, 0.6) is 5.75 Å². The molecule has 150 valence electrons. The normalized spacial score (nSPS) is 15.6. The van der Waals surface area contributed by atoms with E-state index in [1.54, 1.807) is 24.3 Å². The smallest absolute Gasteiger partial charge is 0.297 e. The largest absolute Gasteiger partial charge is 0.494 e. The van der Waals surface area contributed by atoms with E-state index in [-0.39, 0.29) is 11.2 Å². The summed E-state index contributed by atoms with van der Waals surface area (Å²) in [6.45, 7) is 4.28. The quantitative estimate of drug-likeness (QED) is 0.495. The standard InChI is InChI=1S/C22H17N3O4S/c1-3-28-14-10-8-13(9-11-14)18-17-19(26)15-6-4-5-7-16(15)29-20(17)21(27)25(18)22-24-23-12(2)30-22/h4-11,18H,3H2,1-2H3/t18-/m0/s1. The number of anilines is 1. The molecule has 0 radical (unpaired) electrons. The van der Waals surface area contributed by atoms with Crippen molar-refractivity contribution in [3.63, 3.8) is 0 Å². The zero-order valence-corrected chi connectivity index (χ0v) is 17.1. The van der Waals surface area contributed by atoms with Crippen LogP contribution in [0.3, 0.4) is 0 Å². The Balaban J connectivity index is 1.75. The molecule has 0 bridgehead atoms. The van der Waals surface area contributed by atoms with E-state index in [4.69, 9.17) is 9.15 Å². The number of fused-ring (bicyclic) bond motifs is 2. The van der Waals surface area contributed by atoms with Crippen LogP contribution in [0.4, 0.5) is 5.13 Å². The van der Waals surface area contributed by atoms with Crippen molar-refractivity contribution in [2.75, 3.05) is 11.5 Å². The molecule has 0 saturated heterocycles. The number of nitrogens with zero attached hydrogens (tertiary/aromatic N) is 3. The third-order valence-corrected chi connectivity index (χ3v) is 5.84. The Hall–Kier alpha value is -3.52. The lowest BCUT2D eigenvalue weighted by Gasteiger charge is -2.22. The molecule has 4 aromatic rings. The number of aromatic nitrogens is 2. The molecular formula is C22H17N3O4S. The second-order valence-corrected chi connectivity index (χ2v) is 8.01. The number of para-hydroxylation sites is 1. The van der Waals surface area contributed by atoms with Gasteiger partial charge in [-0.05, 0) is 43.7 Å². The van der Waals surface area contributed by atoms with Gasteiger partial charge in [-0.2, -0.15) is 0 Å². The molecule has 5 rings (SSSR count). The molecule has 0 unspecified atom stereocenters. The zero-order chi connectivity index (χ0) is 20.8. The van der Waals surface area contributed by atoms with Crippen LogP contribution in [0.15, 0.2) is 57.7 Å². The van der Waals surface area contributed by atoms with Crippen molar-refractivity contribution in [3.05, 3.63) is 80.6 Å².